The highest BCUT2D eigenvalue weighted by Gasteiger charge is 2.31. The molecule has 0 atom stereocenters. The summed E-state index contributed by atoms with van der Waals surface area (Å²) in [7, 11) is 1.50. The van der Waals surface area contributed by atoms with E-state index in [1.807, 2.05) is 0 Å². The van der Waals surface area contributed by atoms with Gasteiger partial charge in [0.1, 0.15) is 5.75 Å². The van der Waals surface area contributed by atoms with E-state index in [0.717, 1.165) is 12.1 Å². The minimum Gasteiger partial charge on any atom is -0.507 e. The number of nitrogens with zero attached hydrogens (tertiary/aromatic N) is 4. The summed E-state index contributed by atoms with van der Waals surface area (Å²) in [5.41, 5.74) is 9.55. The van der Waals surface area contributed by atoms with Gasteiger partial charge in [-0.1, -0.05) is 26.7 Å². The van der Waals surface area contributed by atoms with Crippen LogP contribution in [0.5, 0.6) is 5.75 Å². The lowest BCUT2D eigenvalue weighted by molar-refractivity contribution is -0.137. The molecular weight excluding hydrogens is 361 g/mol. The second kappa shape index (κ2) is 9.72. The molecule has 148 valence electrons. The van der Waals surface area contributed by atoms with Crippen molar-refractivity contribution in [1.82, 2.24) is 19.6 Å². The van der Waals surface area contributed by atoms with Gasteiger partial charge in [0.25, 0.3) is 0 Å². The molecule has 7 nitrogen and oxygen atoms in total. The number of hydrogen-bond acceptors (Lipinski definition) is 6. The molecular formula is C17H23F3N6O. The summed E-state index contributed by atoms with van der Waals surface area (Å²) in [4.78, 5) is 3.96. The zero-order valence-electron chi connectivity index (χ0n) is 15.3. The average Bonchev–Trinajstić information content (AvgIpc) is 3.14. The largest absolute Gasteiger partial charge is 0.507 e. The van der Waals surface area contributed by atoms with Crippen molar-refractivity contribution in [1.29, 1.82) is 0 Å². The van der Waals surface area contributed by atoms with Crippen molar-refractivity contribution in [2.75, 3.05) is 12.8 Å². The van der Waals surface area contributed by atoms with Crippen molar-refractivity contribution < 1.29 is 18.3 Å². The zero-order chi connectivity index (χ0) is 20.6. The first-order chi connectivity index (χ1) is 12.8. The fourth-order valence-electron chi connectivity index (χ4n) is 1.94. The maximum atomic E-state index is 12.6. The number of aromatic nitrogens is 4. The first-order valence-electron chi connectivity index (χ1n) is 8.23. The minimum atomic E-state index is -4.53. The number of imidazole rings is 1. The molecule has 0 amide bonds. The first kappa shape index (κ1) is 22.2. The maximum Gasteiger partial charge on any atom is 0.416 e. The SMILES string of the molecule is CCCC.CN.Nc1nnc(-c2ccc(C(F)(F)F)cc2O)n2ccnc12. The molecule has 0 radical (unpaired) electrons. The number of alkyl halides is 3. The van der Waals surface area contributed by atoms with Crippen LogP contribution in [-0.2, 0) is 6.18 Å². The van der Waals surface area contributed by atoms with Crippen molar-refractivity contribution in [3.63, 3.8) is 0 Å². The second-order valence-electron chi connectivity index (χ2n) is 5.26. The summed E-state index contributed by atoms with van der Waals surface area (Å²) in [5, 5.41) is 17.3. The number of unbranched alkanes of at least 4 members (excludes halogenated alkanes) is 1. The van der Waals surface area contributed by atoms with E-state index in [1.54, 1.807) is 0 Å². The number of nitrogens with two attached hydrogens (primary N) is 2. The highest BCUT2D eigenvalue weighted by Crippen LogP contribution is 2.36. The van der Waals surface area contributed by atoms with Crippen LogP contribution in [0.25, 0.3) is 17.0 Å². The summed E-state index contributed by atoms with van der Waals surface area (Å²) >= 11 is 0. The van der Waals surface area contributed by atoms with Crippen molar-refractivity contribution in [2.24, 2.45) is 5.73 Å². The fourth-order valence-corrected chi connectivity index (χ4v) is 1.94. The van der Waals surface area contributed by atoms with Gasteiger partial charge in [0, 0.05) is 12.4 Å². The van der Waals surface area contributed by atoms with Crippen LogP contribution in [0.3, 0.4) is 0 Å². The van der Waals surface area contributed by atoms with Crippen molar-refractivity contribution in [3.05, 3.63) is 36.2 Å². The number of hydrogen-bond donors (Lipinski definition) is 3. The van der Waals surface area contributed by atoms with E-state index in [1.165, 1.54) is 36.7 Å². The highest BCUT2D eigenvalue weighted by atomic mass is 19.4. The fraction of sp³-hybridized carbons (Fsp3) is 0.353. The number of fused-ring (bicyclic) bond motifs is 1. The van der Waals surface area contributed by atoms with E-state index in [0.29, 0.717) is 11.7 Å². The Morgan fingerprint density at radius 2 is 1.74 bits per heavy atom. The topological polar surface area (TPSA) is 115 Å². The Bertz CT molecular complexity index is 861. The number of benzene rings is 1. The number of nitrogen functional groups attached to an aromatic ring is 1. The van der Waals surface area contributed by atoms with Crippen LogP contribution >= 0.6 is 0 Å². The molecule has 0 spiro atoms. The Morgan fingerprint density at radius 3 is 2.26 bits per heavy atom. The normalized spacial score (nSPS) is 10.6. The van der Waals surface area contributed by atoms with Crippen LogP contribution in [0.4, 0.5) is 19.0 Å². The quantitative estimate of drug-likeness (QED) is 0.623. The highest BCUT2D eigenvalue weighted by molar-refractivity contribution is 5.70. The number of phenols is 1. The molecule has 2 aromatic heterocycles. The average molecular weight is 384 g/mol. The Morgan fingerprint density at radius 1 is 1.11 bits per heavy atom. The van der Waals surface area contributed by atoms with Gasteiger partial charge in [-0.2, -0.15) is 13.2 Å². The van der Waals surface area contributed by atoms with Gasteiger partial charge in [-0.3, -0.25) is 4.40 Å². The zero-order valence-corrected chi connectivity index (χ0v) is 15.3. The van der Waals surface area contributed by atoms with Crippen molar-refractivity contribution >= 4 is 11.5 Å². The summed E-state index contributed by atoms with van der Waals surface area (Å²) in [5.74, 6) is -0.336. The van der Waals surface area contributed by atoms with Crippen LogP contribution in [-0.4, -0.2) is 31.7 Å². The minimum absolute atomic E-state index is 0.0788. The number of phenolic OH excluding ortho intramolecular Hbond substituents is 1. The molecule has 0 aliphatic rings. The van der Waals surface area contributed by atoms with Crippen LogP contribution in [0, 0.1) is 0 Å². The molecule has 0 saturated carbocycles. The van der Waals surface area contributed by atoms with Gasteiger partial charge in [0.05, 0.1) is 11.1 Å². The Kier molecular flexibility index (Phi) is 7.98. The third kappa shape index (κ3) is 5.30. The van der Waals surface area contributed by atoms with Crippen LogP contribution in [0.2, 0.25) is 0 Å². The predicted octanol–water partition coefficient (Wildman–Crippen LogP) is 3.48. The van der Waals surface area contributed by atoms with E-state index >= 15 is 0 Å². The molecule has 0 unspecified atom stereocenters. The molecule has 3 aromatic rings. The Balaban J connectivity index is 0.000000541. The number of rotatable bonds is 2. The van der Waals surface area contributed by atoms with E-state index in [4.69, 9.17) is 5.73 Å². The molecule has 3 rings (SSSR count). The summed E-state index contributed by atoms with van der Waals surface area (Å²) in [6, 6.07) is 2.61. The summed E-state index contributed by atoms with van der Waals surface area (Å²) < 4.78 is 39.2. The Hall–Kier alpha value is -2.88. The van der Waals surface area contributed by atoms with Crippen LogP contribution < -0.4 is 11.5 Å². The van der Waals surface area contributed by atoms with E-state index < -0.39 is 17.5 Å². The lowest BCUT2D eigenvalue weighted by Gasteiger charge is -2.10. The molecule has 27 heavy (non-hydrogen) atoms. The molecule has 0 bridgehead atoms. The van der Waals surface area contributed by atoms with Gasteiger partial charge in [-0.05, 0) is 25.2 Å². The third-order valence-electron chi connectivity index (χ3n) is 3.42. The Labute approximate surface area is 154 Å². The van der Waals surface area contributed by atoms with E-state index in [-0.39, 0.29) is 17.2 Å². The molecule has 0 fully saturated rings. The lowest BCUT2D eigenvalue weighted by atomic mass is 10.1. The molecule has 0 saturated heterocycles. The van der Waals surface area contributed by atoms with Gasteiger partial charge in [-0.25, -0.2) is 4.98 Å². The van der Waals surface area contributed by atoms with Gasteiger partial charge in [0.15, 0.2) is 17.3 Å². The summed E-state index contributed by atoms with van der Waals surface area (Å²) in [6.45, 7) is 4.36. The second-order valence-corrected chi connectivity index (χ2v) is 5.26. The smallest absolute Gasteiger partial charge is 0.416 e. The van der Waals surface area contributed by atoms with Crippen LogP contribution in [0.1, 0.15) is 32.3 Å². The molecule has 2 heterocycles. The van der Waals surface area contributed by atoms with Gasteiger partial charge in [-0.15, -0.1) is 10.2 Å². The van der Waals surface area contributed by atoms with E-state index in [2.05, 4.69) is 34.8 Å². The van der Waals surface area contributed by atoms with Gasteiger partial charge < -0.3 is 16.6 Å². The molecule has 5 N–H and O–H groups in total. The van der Waals surface area contributed by atoms with Gasteiger partial charge in [0.2, 0.25) is 0 Å². The van der Waals surface area contributed by atoms with Crippen molar-refractivity contribution in [2.45, 2.75) is 32.9 Å². The number of aromatic hydroxyl groups is 1. The lowest BCUT2D eigenvalue weighted by Crippen LogP contribution is -2.06. The third-order valence-corrected chi connectivity index (χ3v) is 3.42. The molecule has 0 aliphatic heterocycles. The van der Waals surface area contributed by atoms with Gasteiger partial charge >= 0.3 is 6.18 Å². The molecule has 1 aromatic carbocycles. The maximum absolute atomic E-state index is 12.6. The van der Waals surface area contributed by atoms with Crippen LogP contribution in [0.15, 0.2) is 30.6 Å². The monoisotopic (exact) mass is 384 g/mol. The number of halogens is 3. The number of anilines is 1. The summed E-state index contributed by atoms with van der Waals surface area (Å²) in [6.07, 6.45) is 1.07. The molecule has 10 heteroatoms. The standard InChI is InChI=1S/C12H8F3N5O.C4H10.CH5N/c13-12(14,15)6-1-2-7(8(21)5-6)10-19-18-9(16)11-17-3-4-20(10)11;1-3-4-2;1-2/h1-5,21H,(H2,16,18);3-4H2,1-2H3;2H2,1H3. The van der Waals surface area contributed by atoms with E-state index in [9.17, 15) is 18.3 Å². The van der Waals surface area contributed by atoms with Crippen molar-refractivity contribution in [3.8, 4) is 17.1 Å². The predicted molar refractivity (Wildman–Crippen MR) is 98.0 cm³/mol. The first-order valence-corrected chi connectivity index (χ1v) is 8.23. The molecule has 0 aliphatic carbocycles.